The van der Waals surface area contributed by atoms with Crippen LogP contribution in [-0.4, -0.2) is 6.61 Å². The van der Waals surface area contributed by atoms with Gasteiger partial charge in [0, 0.05) is 10.2 Å². The highest BCUT2D eigenvalue weighted by molar-refractivity contribution is 9.10. The van der Waals surface area contributed by atoms with Crippen LogP contribution in [0, 0.1) is 0 Å². The van der Waals surface area contributed by atoms with E-state index in [1.165, 1.54) is 5.56 Å². The van der Waals surface area contributed by atoms with Gasteiger partial charge in [-0.2, -0.15) is 0 Å². The number of anilines is 1. The van der Waals surface area contributed by atoms with Gasteiger partial charge in [0.15, 0.2) is 0 Å². The molecule has 2 aromatic carbocycles. The fraction of sp³-hybridized carbons (Fsp3) is 0.294. The first-order chi connectivity index (χ1) is 10.1. The van der Waals surface area contributed by atoms with Crippen LogP contribution in [0.4, 0.5) is 5.69 Å². The van der Waals surface area contributed by atoms with E-state index in [1.807, 2.05) is 31.2 Å². The molecule has 0 aliphatic heterocycles. The Hall–Kier alpha value is -1.19. The summed E-state index contributed by atoms with van der Waals surface area (Å²) in [6.07, 6.45) is 0.987. The molecule has 2 aromatic rings. The Balaban J connectivity index is 2.17. The van der Waals surface area contributed by atoms with Crippen molar-refractivity contribution >= 4 is 33.2 Å². The van der Waals surface area contributed by atoms with Crippen molar-refractivity contribution in [2.24, 2.45) is 0 Å². The van der Waals surface area contributed by atoms with E-state index in [9.17, 15) is 0 Å². The normalized spacial score (nSPS) is 12.0. The number of hydrogen-bond acceptors (Lipinski definition) is 2. The Morgan fingerprint density at radius 1 is 1.19 bits per heavy atom. The van der Waals surface area contributed by atoms with Gasteiger partial charge in [0.1, 0.15) is 5.75 Å². The minimum absolute atomic E-state index is 0.247. The van der Waals surface area contributed by atoms with Gasteiger partial charge in [-0.25, -0.2) is 0 Å². The molecule has 0 aromatic heterocycles. The lowest BCUT2D eigenvalue weighted by molar-refractivity contribution is 0.340. The topological polar surface area (TPSA) is 21.3 Å². The third kappa shape index (κ3) is 4.39. The Kier molecular flexibility index (Phi) is 5.95. The minimum Gasteiger partial charge on any atom is -0.492 e. The highest BCUT2D eigenvalue weighted by Gasteiger charge is 2.10. The van der Waals surface area contributed by atoms with Crippen LogP contribution in [0.15, 0.2) is 46.9 Å². The summed E-state index contributed by atoms with van der Waals surface area (Å²) in [4.78, 5) is 0. The Morgan fingerprint density at radius 2 is 2.00 bits per heavy atom. The fourth-order valence-corrected chi connectivity index (χ4v) is 2.86. The van der Waals surface area contributed by atoms with Crippen molar-refractivity contribution in [2.45, 2.75) is 26.3 Å². The second-order valence-corrected chi connectivity index (χ2v) is 6.06. The average Bonchev–Trinajstić information content (AvgIpc) is 2.47. The lowest BCUT2D eigenvalue weighted by Gasteiger charge is -2.19. The van der Waals surface area contributed by atoms with Crippen LogP contribution >= 0.6 is 27.5 Å². The quantitative estimate of drug-likeness (QED) is 0.668. The summed E-state index contributed by atoms with van der Waals surface area (Å²) in [5, 5.41) is 4.15. The number of benzene rings is 2. The Morgan fingerprint density at radius 3 is 2.62 bits per heavy atom. The van der Waals surface area contributed by atoms with Crippen molar-refractivity contribution in [2.75, 3.05) is 11.9 Å². The molecule has 0 spiro atoms. The van der Waals surface area contributed by atoms with Gasteiger partial charge in [0.2, 0.25) is 0 Å². The zero-order valence-electron chi connectivity index (χ0n) is 12.2. The summed E-state index contributed by atoms with van der Waals surface area (Å²) in [7, 11) is 0. The van der Waals surface area contributed by atoms with Crippen molar-refractivity contribution in [1.82, 2.24) is 0 Å². The van der Waals surface area contributed by atoms with E-state index in [4.69, 9.17) is 16.3 Å². The van der Waals surface area contributed by atoms with E-state index in [0.29, 0.717) is 11.6 Å². The van der Waals surface area contributed by atoms with E-state index in [2.05, 4.69) is 46.4 Å². The first-order valence-electron chi connectivity index (χ1n) is 7.08. The van der Waals surface area contributed by atoms with Crippen LogP contribution in [-0.2, 0) is 0 Å². The van der Waals surface area contributed by atoms with Crippen molar-refractivity contribution in [3.8, 4) is 5.75 Å². The van der Waals surface area contributed by atoms with Crippen LogP contribution in [0.1, 0.15) is 31.9 Å². The number of halogens is 2. The van der Waals surface area contributed by atoms with Gasteiger partial charge in [-0.15, -0.1) is 0 Å². The molecule has 1 N–H and O–H groups in total. The smallest absolute Gasteiger partial charge is 0.138 e. The molecule has 0 aliphatic carbocycles. The summed E-state index contributed by atoms with van der Waals surface area (Å²) in [5.74, 6) is 0.722. The van der Waals surface area contributed by atoms with Crippen LogP contribution in [0.5, 0.6) is 5.75 Å². The Bertz CT molecular complexity index is 603. The van der Waals surface area contributed by atoms with E-state index >= 15 is 0 Å². The fourth-order valence-electron chi connectivity index (χ4n) is 2.21. The summed E-state index contributed by atoms with van der Waals surface area (Å²) >= 11 is 9.75. The maximum absolute atomic E-state index is 6.23. The molecule has 21 heavy (non-hydrogen) atoms. The molecule has 0 radical (unpaired) electrons. The molecular formula is C17H19BrClNO. The zero-order chi connectivity index (χ0) is 15.2. The number of rotatable bonds is 6. The van der Waals surface area contributed by atoms with Gasteiger partial charge in [-0.05, 0) is 49.2 Å². The van der Waals surface area contributed by atoms with E-state index < -0.39 is 0 Å². The van der Waals surface area contributed by atoms with Crippen molar-refractivity contribution < 1.29 is 4.74 Å². The number of ether oxygens (including phenoxy) is 1. The van der Waals surface area contributed by atoms with Crippen LogP contribution in [0.25, 0.3) is 0 Å². The van der Waals surface area contributed by atoms with Gasteiger partial charge in [0.05, 0.1) is 17.7 Å². The summed E-state index contributed by atoms with van der Waals surface area (Å²) in [6, 6.07) is 14.4. The number of nitrogens with one attached hydrogen (secondary N) is 1. The first-order valence-corrected chi connectivity index (χ1v) is 8.25. The highest BCUT2D eigenvalue weighted by Crippen LogP contribution is 2.30. The van der Waals surface area contributed by atoms with Crippen LogP contribution in [0.3, 0.4) is 0 Å². The molecule has 1 atom stereocenters. The lowest BCUT2D eigenvalue weighted by Crippen LogP contribution is -2.09. The highest BCUT2D eigenvalue weighted by atomic mass is 79.9. The van der Waals surface area contributed by atoms with E-state index in [-0.39, 0.29) is 6.04 Å². The molecule has 0 bridgehead atoms. The third-order valence-corrected chi connectivity index (χ3v) is 4.02. The zero-order valence-corrected chi connectivity index (χ0v) is 14.5. The molecule has 0 saturated carbocycles. The molecule has 112 valence electrons. The molecule has 0 aliphatic rings. The summed E-state index contributed by atoms with van der Waals surface area (Å²) in [5.41, 5.74) is 2.24. The predicted molar refractivity (Wildman–Crippen MR) is 93.4 cm³/mol. The maximum Gasteiger partial charge on any atom is 0.138 e. The van der Waals surface area contributed by atoms with Crippen molar-refractivity contribution in [3.05, 3.63) is 57.5 Å². The molecule has 1 unspecified atom stereocenters. The molecule has 0 fully saturated rings. The number of hydrogen-bond donors (Lipinski definition) is 1. The monoisotopic (exact) mass is 367 g/mol. The minimum atomic E-state index is 0.247. The second kappa shape index (κ2) is 7.71. The summed E-state index contributed by atoms with van der Waals surface area (Å²) in [6.45, 7) is 4.72. The SMILES string of the molecule is CCOc1ccc(NC(CC)c2cccc(Br)c2)cc1Cl. The lowest BCUT2D eigenvalue weighted by atomic mass is 10.0. The predicted octanol–water partition coefficient (Wildman–Crippen LogP) is 6.06. The van der Waals surface area contributed by atoms with Crippen molar-refractivity contribution in [1.29, 1.82) is 0 Å². The van der Waals surface area contributed by atoms with Crippen LogP contribution in [0.2, 0.25) is 5.02 Å². The molecular weight excluding hydrogens is 350 g/mol. The van der Waals surface area contributed by atoms with Crippen molar-refractivity contribution in [3.63, 3.8) is 0 Å². The Labute approximate surface area is 139 Å². The second-order valence-electron chi connectivity index (χ2n) is 4.74. The van der Waals surface area contributed by atoms with Gasteiger partial charge in [-0.3, -0.25) is 0 Å². The molecule has 0 saturated heterocycles. The maximum atomic E-state index is 6.23. The molecule has 2 rings (SSSR count). The average molecular weight is 369 g/mol. The van der Waals surface area contributed by atoms with E-state index in [1.54, 1.807) is 0 Å². The van der Waals surface area contributed by atoms with Gasteiger partial charge < -0.3 is 10.1 Å². The van der Waals surface area contributed by atoms with E-state index in [0.717, 1.165) is 22.3 Å². The largest absolute Gasteiger partial charge is 0.492 e. The third-order valence-electron chi connectivity index (χ3n) is 3.23. The van der Waals surface area contributed by atoms with Crippen LogP contribution < -0.4 is 10.1 Å². The van der Waals surface area contributed by atoms with Gasteiger partial charge in [-0.1, -0.05) is 46.6 Å². The molecule has 4 heteroatoms. The molecule has 0 amide bonds. The van der Waals surface area contributed by atoms with Gasteiger partial charge >= 0.3 is 0 Å². The first kappa shape index (κ1) is 16.2. The molecule has 0 heterocycles. The summed E-state index contributed by atoms with van der Waals surface area (Å²) < 4.78 is 6.55. The van der Waals surface area contributed by atoms with Gasteiger partial charge in [0.25, 0.3) is 0 Å². The molecule has 2 nitrogen and oxygen atoms in total. The standard InChI is InChI=1S/C17H19BrClNO/c1-3-16(12-6-5-7-13(18)10-12)20-14-8-9-17(21-4-2)15(19)11-14/h5-11,16,20H,3-4H2,1-2H3.